The molecular formula is C12H16ClNO3S. The fourth-order valence-corrected chi connectivity index (χ4v) is 2.19. The second kappa shape index (κ2) is 6.20. The summed E-state index contributed by atoms with van der Waals surface area (Å²) in [5.41, 5.74) is 1.35. The molecule has 1 amide bonds. The van der Waals surface area contributed by atoms with Gasteiger partial charge in [-0.3, -0.25) is 4.79 Å². The molecule has 0 saturated carbocycles. The Morgan fingerprint density at radius 3 is 2.61 bits per heavy atom. The zero-order valence-corrected chi connectivity index (χ0v) is 11.9. The average Bonchev–Trinajstić information content (AvgIpc) is 2.28. The molecule has 0 aromatic heterocycles. The summed E-state index contributed by atoms with van der Waals surface area (Å²) in [5.74, 6) is 0.264. The smallest absolute Gasteiger partial charge is 0.224 e. The fourth-order valence-electron chi connectivity index (χ4n) is 1.41. The van der Waals surface area contributed by atoms with Gasteiger partial charge in [-0.1, -0.05) is 6.07 Å². The van der Waals surface area contributed by atoms with Crippen LogP contribution < -0.4 is 5.32 Å². The Labute approximate surface area is 112 Å². The van der Waals surface area contributed by atoms with Crippen molar-refractivity contribution in [1.82, 2.24) is 0 Å². The van der Waals surface area contributed by atoms with Crippen molar-refractivity contribution in [3.63, 3.8) is 0 Å². The normalized spacial score (nSPS) is 11.3. The predicted molar refractivity (Wildman–Crippen MR) is 72.9 cm³/mol. The maximum atomic E-state index is 11.6. The van der Waals surface area contributed by atoms with Gasteiger partial charge in [-0.25, -0.2) is 8.42 Å². The topological polar surface area (TPSA) is 63.2 Å². The van der Waals surface area contributed by atoms with Crippen LogP contribution in [-0.4, -0.2) is 26.5 Å². The molecule has 0 aliphatic heterocycles. The Kier molecular flexibility index (Phi) is 5.16. The molecule has 1 rings (SSSR count). The lowest BCUT2D eigenvalue weighted by molar-refractivity contribution is -0.116. The van der Waals surface area contributed by atoms with E-state index in [9.17, 15) is 13.2 Å². The first kappa shape index (κ1) is 15.0. The van der Waals surface area contributed by atoms with Gasteiger partial charge in [-0.2, -0.15) is 0 Å². The summed E-state index contributed by atoms with van der Waals surface area (Å²) >= 11 is 5.51. The minimum atomic E-state index is -3.27. The van der Waals surface area contributed by atoms with Crippen LogP contribution in [0.5, 0.6) is 0 Å². The lowest BCUT2D eigenvalue weighted by Gasteiger charge is -2.09. The van der Waals surface area contributed by atoms with Crippen molar-refractivity contribution in [2.24, 2.45) is 0 Å². The number of halogens is 1. The zero-order valence-electron chi connectivity index (χ0n) is 10.4. The van der Waals surface area contributed by atoms with Crippen molar-refractivity contribution >= 4 is 33.0 Å². The monoisotopic (exact) mass is 289 g/mol. The van der Waals surface area contributed by atoms with Crippen molar-refractivity contribution < 1.29 is 13.2 Å². The van der Waals surface area contributed by atoms with Crippen LogP contribution in [-0.2, 0) is 14.6 Å². The van der Waals surface area contributed by atoms with E-state index in [4.69, 9.17) is 11.6 Å². The Balaban J connectivity index is 2.92. The Morgan fingerprint density at radius 2 is 2.06 bits per heavy atom. The average molecular weight is 290 g/mol. The van der Waals surface area contributed by atoms with Crippen molar-refractivity contribution in [1.29, 1.82) is 0 Å². The molecule has 6 heteroatoms. The highest BCUT2D eigenvalue weighted by atomic mass is 35.5. The molecule has 0 aliphatic rings. The molecule has 0 saturated heterocycles. The number of carbonyl (C=O) groups excluding carboxylic acids is 1. The molecule has 0 unspecified atom stereocenters. The third kappa shape index (κ3) is 4.31. The lowest BCUT2D eigenvalue weighted by atomic mass is 10.2. The van der Waals surface area contributed by atoms with Crippen LogP contribution in [0.2, 0.25) is 0 Å². The SMILES string of the molecule is Cc1ccc(S(C)(=O)=O)cc1NC(=O)CCCCl. The van der Waals surface area contributed by atoms with Gasteiger partial charge in [0, 0.05) is 24.2 Å². The van der Waals surface area contributed by atoms with E-state index in [0.29, 0.717) is 24.4 Å². The third-order valence-corrected chi connectivity index (χ3v) is 3.83. The van der Waals surface area contributed by atoms with Crippen molar-refractivity contribution in [3.8, 4) is 0 Å². The minimum Gasteiger partial charge on any atom is -0.326 e. The maximum absolute atomic E-state index is 11.6. The standard InChI is InChI=1S/C12H16ClNO3S/c1-9-5-6-10(18(2,16)17)8-11(9)14-12(15)4-3-7-13/h5-6,8H,3-4,7H2,1-2H3,(H,14,15). The fraction of sp³-hybridized carbons (Fsp3) is 0.417. The molecular weight excluding hydrogens is 274 g/mol. The van der Waals surface area contributed by atoms with Crippen molar-refractivity contribution in [2.75, 3.05) is 17.5 Å². The highest BCUT2D eigenvalue weighted by Crippen LogP contribution is 2.20. The number of sulfone groups is 1. The zero-order chi connectivity index (χ0) is 13.8. The van der Waals surface area contributed by atoms with Gasteiger partial charge in [-0.05, 0) is 31.0 Å². The molecule has 0 fully saturated rings. The Bertz CT molecular complexity index is 540. The van der Waals surface area contributed by atoms with Gasteiger partial charge < -0.3 is 5.32 Å². The number of hydrogen-bond donors (Lipinski definition) is 1. The van der Waals surface area contributed by atoms with E-state index < -0.39 is 9.84 Å². The number of hydrogen-bond acceptors (Lipinski definition) is 3. The van der Waals surface area contributed by atoms with Gasteiger partial charge in [-0.15, -0.1) is 11.6 Å². The summed E-state index contributed by atoms with van der Waals surface area (Å²) < 4.78 is 22.8. The lowest BCUT2D eigenvalue weighted by Crippen LogP contribution is -2.13. The van der Waals surface area contributed by atoms with Gasteiger partial charge in [0.25, 0.3) is 0 Å². The van der Waals surface area contributed by atoms with E-state index in [2.05, 4.69) is 5.32 Å². The molecule has 100 valence electrons. The van der Waals surface area contributed by atoms with Crippen LogP contribution >= 0.6 is 11.6 Å². The summed E-state index contributed by atoms with van der Waals surface area (Å²) in [4.78, 5) is 11.8. The van der Waals surface area contributed by atoms with Gasteiger partial charge in [0.05, 0.1) is 4.90 Å². The second-order valence-corrected chi connectivity index (χ2v) is 6.48. The van der Waals surface area contributed by atoms with Crippen LogP contribution in [0.3, 0.4) is 0 Å². The number of amides is 1. The quantitative estimate of drug-likeness (QED) is 0.846. The molecule has 0 heterocycles. The Morgan fingerprint density at radius 1 is 1.39 bits per heavy atom. The van der Waals surface area contributed by atoms with Crippen LogP contribution in [0.15, 0.2) is 23.1 Å². The first-order chi connectivity index (χ1) is 8.34. The maximum Gasteiger partial charge on any atom is 0.224 e. The Hall–Kier alpha value is -1.07. The summed E-state index contributed by atoms with van der Waals surface area (Å²) in [6.45, 7) is 1.81. The number of nitrogens with one attached hydrogen (secondary N) is 1. The molecule has 0 bridgehead atoms. The number of carbonyl (C=O) groups is 1. The largest absolute Gasteiger partial charge is 0.326 e. The third-order valence-electron chi connectivity index (χ3n) is 2.45. The number of rotatable bonds is 5. The highest BCUT2D eigenvalue weighted by Gasteiger charge is 2.11. The number of benzene rings is 1. The molecule has 0 atom stereocenters. The van der Waals surface area contributed by atoms with E-state index in [1.165, 1.54) is 12.1 Å². The van der Waals surface area contributed by atoms with Crippen LogP contribution in [0.25, 0.3) is 0 Å². The first-order valence-electron chi connectivity index (χ1n) is 5.51. The van der Waals surface area contributed by atoms with Crippen LogP contribution in [0.1, 0.15) is 18.4 Å². The summed E-state index contributed by atoms with van der Waals surface area (Å²) in [7, 11) is -3.27. The van der Waals surface area contributed by atoms with E-state index in [-0.39, 0.29) is 10.8 Å². The predicted octanol–water partition coefficient (Wildman–Crippen LogP) is 2.36. The molecule has 0 spiro atoms. The van der Waals surface area contributed by atoms with E-state index in [0.717, 1.165) is 11.8 Å². The number of aryl methyl sites for hydroxylation is 1. The molecule has 18 heavy (non-hydrogen) atoms. The second-order valence-electron chi connectivity index (χ2n) is 4.09. The number of anilines is 1. The van der Waals surface area contributed by atoms with Crippen molar-refractivity contribution in [3.05, 3.63) is 23.8 Å². The van der Waals surface area contributed by atoms with Gasteiger partial charge in [0.1, 0.15) is 0 Å². The molecule has 1 aromatic rings. The van der Waals surface area contributed by atoms with E-state index >= 15 is 0 Å². The molecule has 1 aromatic carbocycles. The molecule has 0 radical (unpaired) electrons. The van der Waals surface area contributed by atoms with Gasteiger partial charge in [0.2, 0.25) is 5.91 Å². The molecule has 4 nitrogen and oxygen atoms in total. The highest BCUT2D eigenvalue weighted by molar-refractivity contribution is 7.90. The first-order valence-corrected chi connectivity index (χ1v) is 7.93. The van der Waals surface area contributed by atoms with Crippen molar-refractivity contribution in [2.45, 2.75) is 24.7 Å². The van der Waals surface area contributed by atoms with Crippen LogP contribution in [0, 0.1) is 6.92 Å². The summed E-state index contributed by atoms with van der Waals surface area (Å²) in [5, 5.41) is 2.70. The van der Waals surface area contributed by atoms with Gasteiger partial charge in [0.15, 0.2) is 9.84 Å². The summed E-state index contributed by atoms with van der Waals surface area (Å²) in [6, 6.07) is 4.68. The summed E-state index contributed by atoms with van der Waals surface area (Å²) in [6.07, 6.45) is 2.06. The molecule has 0 aliphatic carbocycles. The van der Waals surface area contributed by atoms with E-state index in [1.807, 2.05) is 6.92 Å². The van der Waals surface area contributed by atoms with E-state index in [1.54, 1.807) is 6.07 Å². The van der Waals surface area contributed by atoms with Crippen LogP contribution in [0.4, 0.5) is 5.69 Å². The minimum absolute atomic E-state index is 0.163. The van der Waals surface area contributed by atoms with Gasteiger partial charge >= 0.3 is 0 Å². The number of alkyl halides is 1. The molecule has 1 N–H and O–H groups in total.